The van der Waals surface area contributed by atoms with Crippen molar-refractivity contribution in [3.05, 3.63) is 35.4 Å². The topological polar surface area (TPSA) is 15.3 Å². The molecule has 3 rings (SSSR count). The Balaban J connectivity index is 1.72. The van der Waals surface area contributed by atoms with Gasteiger partial charge in [-0.3, -0.25) is 0 Å². The van der Waals surface area contributed by atoms with Crippen LogP contribution in [-0.4, -0.2) is 37.6 Å². The summed E-state index contributed by atoms with van der Waals surface area (Å²) in [4.78, 5) is 2.28. The van der Waals surface area contributed by atoms with Crippen LogP contribution in [0.2, 0.25) is 0 Å². The number of benzene rings is 1. The number of nitrogens with one attached hydrogen (secondary N) is 1. The molecular weight excluding hydrogens is 244 g/mol. The summed E-state index contributed by atoms with van der Waals surface area (Å²) in [5, 5.41) is 3.95. The van der Waals surface area contributed by atoms with Crippen molar-refractivity contribution in [2.24, 2.45) is 11.8 Å². The Labute approximate surface area is 123 Å². The lowest BCUT2D eigenvalue weighted by Crippen LogP contribution is -2.46. The highest BCUT2D eigenvalue weighted by atomic mass is 15.1. The van der Waals surface area contributed by atoms with Gasteiger partial charge in [0.15, 0.2) is 0 Å². The van der Waals surface area contributed by atoms with E-state index in [1.165, 1.54) is 25.7 Å². The predicted molar refractivity (Wildman–Crippen MR) is 85.0 cm³/mol. The highest BCUT2D eigenvalue weighted by Crippen LogP contribution is 2.40. The molecule has 0 saturated heterocycles. The molecule has 1 aromatic carbocycles. The molecule has 2 aliphatic carbocycles. The molecule has 2 nitrogen and oxygen atoms in total. The van der Waals surface area contributed by atoms with E-state index in [-0.39, 0.29) is 0 Å². The molecule has 3 atom stereocenters. The lowest BCUT2D eigenvalue weighted by Gasteiger charge is -2.29. The Bertz CT molecular complexity index is 421. The minimum absolute atomic E-state index is 0.583. The summed E-state index contributed by atoms with van der Waals surface area (Å²) in [6, 6.07) is 10.4. The minimum atomic E-state index is 0.583. The Morgan fingerprint density at radius 1 is 1.10 bits per heavy atom. The SMILES string of the molecule is CC(CN(C)C)NC1C2CCC1Cc1ccccc1C2. The highest BCUT2D eigenvalue weighted by Gasteiger charge is 2.39. The lowest BCUT2D eigenvalue weighted by molar-refractivity contribution is 0.273. The van der Waals surface area contributed by atoms with Gasteiger partial charge in [0.1, 0.15) is 0 Å². The van der Waals surface area contributed by atoms with Crippen molar-refractivity contribution in [2.75, 3.05) is 20.6 Å². The van der Waals surface area contributed by atoms with Crippen LogP contribution in [0.1, 0.15) is 30.9 Å². The Morgan fingerprint density at radius 3 is 2.15 bits per heavy atom. The highest BCUT2D eigenvalue weighted by molar-refractivity contribution is 5.30. The molecule has 0 aromatic heterocycles. The van der Waals surface area contributed by atoms with Gasteiger partial charge < -0.3 is 10.2 Å². The van der Waals surface area contributed by atoms with Crippen LogP contribution < -0.4 is 5.32 Å². The molecule has 1 aromatic rings. The smallest absolute Gasteiger partial charge is 0.0169 e. The van der Waals surface area contributed by atoms with Crippen LogP contribution in [0.3, 0.4) is 0 Å². The molecule has 2 heteroatoms. The third-order valence-corrected chi connectivity index (χ3v) is 5.12. The first-order chi connectivity index (χ1) is 9.63. The van der Waals surface area contributed by atoms with Gasteiger partial charge in [-0.25, -0.2) is 0 Å². The van der Waals surface area contributed by atoms with E-state index in [9.17, 15) is 0 Å². The molecule has 2 bridgehead atoms. The zero-order chi connectivity index (χ0) is 14.1. The van der Waals surface area contributed by atoms with Gasteiger partial charge in [0.05, 0.1) is 0 Å². The van der Waals surface area contributed by atoms with Crippen molar-refractivity contribution in [3.63, 3.8) is 0 Å². The molecule has 0 aliphatic heterocycles. The summed E-state index contributed by atoms with van der Waals surface area (Å²) >= 11 is 0. The van der Waals surface area contributed by atoms with Gasteiger partial charge in [0.2, 0.25) is 0 Å². The van der Waals surface area contributed by atoms with Gasteiger partial charge in [0.25, 0.3) is 0 Å². The predicted octanol–water partition coefficient (Wildman–Crippen LogP) is 2.72. The van der Waals surface area contributed by atoms with Gasteiger partial charge in [-0.15, -0.1) is 0 Å². The van der Waals surface area contributed by atoms with E-state index in [1.54, 1.807) is 11.1 Å². The molecule has 110 valence electrons. The summed E-state index contributed by atoms with van der Waals surface area (Å²) in [5.74, 6) is 1.68. The maximum atomic E-state index is 3.95. The fourth-order valence-corrected chi connectivity index (χ4v) is 4.35. The number of rotatable bonds is 4. The average molecular weight is 272 g/mol. The maximum Gasteiger partial charge on any atom is 0.0169 e. The first-order valence-corrected chi connectivity index (χ1v) is 8.11. The molecule has 1 saturated carbocycles. The largest absolute Gasteiger partial charge is 0.310 e. The van der Waals surface area contributed by atoms with Crippen LogP contribution in [0.5, 0.6) is 0 Å². The van der Waals surface area contributed by atoms with E-state index in [4.69, 9.17) is 0 Å². The zero-order valence-electron chi connectivity index (χ0n) is 13.1. The maximum absolute atomic E-state index is 3.95. The summed E-state index contributed by atoms with van der Waals surface area (Å²) in [5.41, 5.74) is 3.21. The summed E-state index contributed by atoms with van der Waals surface area (Å²) < 4.78 is 0. The molecule has 1 fully saturated rings. The van der Waals surface area contributed by atoms with Gasteiger partial charge in [-0.1, -0.05) is 24.3 Å². The Morgan fingerprint density at radius 2 is 1.65 bits per heavy atom. The number of hydrogen-bond acceptors (Lipinski definition) is 2. The van der Waals surface area contributed by atoms with E-state index >= 15 is 0 Å². The van der Waals surface area contributed by atoms with Gasteiger partial charge >= 0.3 is 0 Å². The van der Waals surface area contributed by atoms with Crippen molar-refractivity contribution in [1.82, 2.24) is 10.2 Å². The van der Waals surface area contributed by atoms with E-state index in [0.29, 0.717) is 6.04 Å². The molecule has 1 N–H and O–H groups in total. The second-order valence-electron chi connectivity index (χ2n) is 7.13. The van der Waals surface area contributed by atoms with Crippen LogP contribution in [0.4, 0.5) is 0 Å². The van der Waals surface area contributed by atoms with Gasteiger partial charge in [0, 0.05) is 18.6 Å². The van der Waals surface area contributed by atoms with Crippen molar-refractivity contribution in [3.8, 4) is 0 Å². The van der Waals surface area contributed by atoms with Crippen LogP contribution >= 0.6 is 0 Å². The molecule has 2 aliphatic rings. The van der Waals surface area contributed by atoms with E-state index in [0.717, 1.165) is 24.4 Å². The van der Waals surface area contributed by atoms with Crippen molar-refractivity contribution < 1.29 is 0 Å². The number of nitrogens with zero attached hydrogens (tertiary/aromatic N) is 1. The van der Waals surface area contributed by atoms with Crippen molar-refractivity contribution in [1.29, 1.82) is 0 Å². The van der Waals surface area contributed by atoms with E-state index in [1.807, 2.05) is 0 Å². The summed E-state index contributed by atoms with van der Waals surface area (Å²) in [6.07, 6.45) is 5.37. The van der Waals surface area contributed by atoms with Gasteiger partial charge in [-0.05, 0) is 69.7 Å². The fraction of sp³-hybridized carbons (Fsp3) is 0.667. The number of hydrogen-bond donors (Lipinski definition) is 1. The van der Waals surface area contributed by atoms with Crippen LogP contribution in [0.15, 0.2) is 24.3 Å². The first kappa shape index (κ1) is 14.1. The third-order valence-electron chi connectivity index (χ3n) is 5.12. The van der Waals surface area contributed by atoms with Crippen LogP contribution in [0.25, 0.3) is 0 Å². The normalized spacial score (nSPS) is 30.1. The monoisotopic (exact) mass is 272 g/mol. The molecule has 0 radical (unpaired) electrons. The molecule has 0 spiro atoms. The van der Waals surface area contributed by atoms with E-state index < -0.39 is 0 Å². The van der Waals surface area contributed by atoms with E-state index in [2.05, 4.69) is 55.5 Å². The van der Waals surface area contributed by atoms with Crippen LogP contribution in [-0.2, 0) is 12.8 Å². The number of likely N-dealkylation sites (N-methyl/N-ethyl adjacent to an activating group) is 1. The molecule has 3 unspecified atom stereocenters. The van der Waals surface area contributed by atoms with Crippen molar-refractivity contribution >= 4 is 0 Å². The zero-order valence-corrected chi connectivity index (χ0v) is 13.1. The summed E-state index contributed by atoms with van der Waals surface area (Å²) in [7, 11) is 4.32. The van der Waals surface area contributed by atoms with Crippen molar-refractivity contribution in [2.45, 2.75) is 44.7 Å². The standard InChI is InChI=1S/C18H28N2/c1-13(12-20(2)3)19-18-16-8-9-17(18)11-15-7-5-4-6-14(15)10-16/h4-7,13,16-19H,8-12H2,1-3H3. The molecule has 0 heterocycles. The van der Waals surface area contributed by atoms with Crippen LogP contribution in [0, 0.1) is 11.8 Å². The molecule has 0 amide bonds. The average Bonchev–Trinajstić information content (AvgIpc) is 2.65. The van der Waals surface area contributed by atoms with Gasteiger partial charge in [-0.2, -0.15) is 0 Å². The summed E-state index contributed by atoms with van der Waals surface area (Å²) in [6.45, 7) is 3.46. The fourth-order valence-electron chi connectivity index (χ4n) is 4.35. The second kappa shape index (κ2) is 5.87. The lowest BCUT2D eigenvalue weighted by atomic mass is 9.94. The minimum Gasteiger partial charge on any atom is -0.310 e. The number of fused-ring (bicyclic) bond motifs is 3. The first-order valence-electron chi connectivity index (χ1n) is 8.11. The molecular formula is C18H28N2. The quantitative estimate of drug-likeness (QED) is 0.906. The third kappa shape index (κ3) is 2.91. The Kier molecular flexibility index (Phi) is 4.13. The Hall–Kier alpha value is -0.860. The molecule has 20 heavy (non-hydrogen) atoms. The second-order valence-corrected chi connectivity index (χ2v) is 7.13.